The number of hydrogen-bond acceptors (Lipinski definition) is 3. The minimum absolute atomic E-state index is 0.379. The van der Waals surface area contributed by atoms with Crippen molar-refractivity contribution in [2.75, 3.05) is 13.2 Å². The largest absolute Gasteiger partial charge is 0.480 e. The van der Waals surface area contributed by atoms with Crippen molar-refractivity contribution in [2.24, 2.45) is 0 Å². The molecule has 0 amide bonds. The molecule has 1 aliphatic carbocycles. The Balaban J connectivity index is 1.60. The molecule has 2 N–H and O–H groups in total. The van der Waals surface area contributed by atoms with Gasteiger partial charge in [-0.1, -0.05) is 30.3 Å². The van der Waals surface area contributed by atoms with Gasteiger partial charge in [-0.25, -0.2) is 0 Å². The Morgan fingerprint density at radius 3 is 2.67 bits per heavy atom. The fraction of sp³-hybridized carbons (Fsp3) is 0.588. The number of benzene rings is 1. The first-order valence-corrected chi connectivity index (χ1v) is 7.73. The van der Waals surface area contributed by atoms with Gasteiger partial charge in [0.1, 0.15) is 5.54 Å². The highest BCUT2D eigenvalue weighted by atomic mass is 16.5. The SMILES string of the molecule is CC(CCOCCCc1ccccc1)(NC1CC1)C(=O)O. The summed E-state index contributed by atoms with van der Waals surface area (Å²) < 4.78 is 5.60. The summed E-state index contributed by atoms with van der Waals surface area (Å²) in [4.78, 5) is 11.4. The standard InChI is InChI=1S/C17H25NO3/c1-17(16(19)20,18-15-9-10-15)11-13-21-12-5-8-14-6-3-2-4-7-14/h2-4,6-7,15,18H,5,8-13H2,1H3,(H,19,20). The van der Waals surface area contributed by atoms with Crippen molar-refractivity contribution < 1.29 is 14.6 Å². The van der Waals surface area contributed by atoms with E-state index in [1.54, 1.807) is 6.92 Å². The second kappa shape index (κ2) is 7.57. The molecule has 0 aliphatic heterocycles. The van der Waals surface area contributed by atoms with Crippen LogP contribution in [0.5, 0.6) is 0 Å². The molecule has 1 saturated carbocycles. The summed E-state index contributed by atoms with van der Waals surface area (Å²) in [5, 5.41) is 12.5. The number of aliphatic carboxylic acids is 1. The first-order chi connectivity index (χ1) is 10.1. The quantitative estimate of drug-likeness (QED) is 0.651. The van der Waals surface area contributed by atoms with E-state index in [1.807, 2.05) is 18.2 Å². The lowest BCUT2D eigenvalue weighted by Crippen LogP contribution is -2.51. The van der Waals surface area contributed by atoms with Gasteiger partial charge in [-0.2, -0.15) is 0 Å². The maximum atomic E-state index is 11.4. The van der Waals surface area contributed by atoms with Crippen molar-refractivity contribution in [3.05, 3.63) is 35.9 Å². The van der Waals surface area contributed by atoms with E-state index < -0.39 is 11.5 Å². The highest BCUT2D eigenvalue weighted by Gasteiger charge is 2.38. The lowest BCUT2D eigenvalue weighted by molar-refractivity contribution is -0.145. The molecule has 1 fully saturated rings. The van der Waals surface area contributed by atoms with Crippen LogP contribution < -0.4 is 5.32 Å². The molecule has 21 heavy (non-hydrogen) atoms. The maximum Gasteiger partial charge on any atom is 0.323 e. The first-order valence-electron chi connectivity index (χ1n) is 7.73. The van der Waals surface area contributed by atoms with Gasteiger partial charge in [0.25, 0.3) is 0 Å². The number of hydrogen-bond donors (Lipinski definition) is 2. The van der Waals surface area contributed by atoms with E-state index in [2.05, 4.69) is 17.4 Å². The number of ether oxygens (including phenoxy) is 1. The van der Waals surface area contributed by atoms with Crippen LogP contribution in [0.3, 0.4) is 0 Å². The fourth-order valence-electron chi connectivity index (χ4n) is 2.32. The summed E-state index contributed by atoms with van der Waals surface area (Å²) in [6.45, 7) is 2.91. The Morgan fingerprint density at radius 2 is 2.05 bits per heavy atom. The van der Waals surface area contributed by atoms with E-state index in [9.17, 15) is 9.90 Å². The van der Waals surface area contributed by atoms with Crippen LogP contribution in [-0.2, 0) is 16.0 Å². The van der Waals surface area contributed by atoms with Gasteiger partial charge in [0.05, 0.1) is 0 Å². The Hall–Kier alpha value is -1.39. The lowest BCUT2D eigenvalue weighted by Gasteiger charge is -2.26. The number of aryl methyl sites for hydroxylation is 1. The molecule has 116 valence electrons. The van der Waals surface area contributed by atoms with Crippen LogP contribution in [0, 0.1) is 0 Å². The first kappa shape index (κ1) is 16.0. The van der Waals surface area contributed by atoms with Crippen LogP contribution in [0.2, 0.25) is 0 Å². The van der Waals surface area contributed by atoms with Crippen LogP contribution in [0.25, 0.3) is 0 Å². The lowest BCUT2D eigenvalue weighted by atomic mass is 9.98. The summed E-state index contributed by atoms with van der Waals surface area (Å²) >= 11 is 0. The van der Waals surface area contributed by atoms with Gasteiger partial charge in [0.15, 0.2) is 0 Å². The average Bonchev–Trinajstić information content (AvgIpc) is 3.27. The average molecular weight is 291 g/mol. The van der Waals surface area contributed by atoms with Crippen molar-refractivity contribution in [1.29, 1.82) is 0 Å². The van der Waals surface area contributed by atoms with Gasteiger partial charge in [0.2, 0.25) is 0 Å². The second-order valence-corrected chi connectivity index (χ2v) is 6.01. The van der Waals surface area contributed by atoms with E-state index in [0.717, 1.165) is 25.7 Å². The van der Waals surface area contributed by atoms with Gasteiger partial charge >= 0.3 is 5.97 Å². The molecule has 0 radical (unpaired) electrons. The van der Waals surface area contributed by atoms with Crippen LogP contribution in [0.15, 0.2) is 30.3 Å². The molecule has 0 spiro atoms. The highest BCUT2D eigenvalue weighted by Crippen LogP contribution is 2.24. The predicted octanol–water partition coefficient (Wildman–Crippen LogP) is 2.62. The zero-order chi connectivity index (χ0) is 15.1. The third kappa shape index (κ3) is 5.48. The van der Waals surface area contributed by atoms with Crippen LogP contribution >= 0.6 is 0 Å². The third-order valence-corrected chi connectivity index (χ3v) is 3.92. The minimum Gasteiger partial charge on any atom is -0.480 e. The number of carboxylic acids is 1. The Bertz CT molecular complexity index is 445. The molecule has 1 unspecified atom stereocenters. The van der Waals surface area contributed by atoms with Crippen molar-refractivity contribution in [3.63, 3.8) is 0 Å². The number of carbonyl (C=O) groups is 1. The van der Waals surface area contributed by atoms with Gasteiger partial charge < -0.3 is 9.84 Å². The third-order valence-electron chi connectivity index (χ3n) is 3.92. The van der Waals surface area contributed by atoms with Gasteiger partial charge in [0, 0.05) is 19.3 Å². The Kier molecular flexibility index (Phi) is 5.76. The molecule has 4 nitrogen and oxygen atoms in total. The molecule has 0 aromatic heterocycles. The van der Waals surface area contributed by atoms with E-state index >= 15 is 0 Å². The minimum atomic E-state index is -0.861. The number of carboxylic acid groups (broad SMARTS) is 1. The number of nitrogens with one attached hydrogen (secondary N) is 1. The molecule has 0 bridgehead atoms. The summed E-state index contributed by atoms with van der Waals surface area (Å²) in [6.07, 6.45) is 4.63. The van der Waals surface area contributed by atoms with E-state index in [4.69, 9.17) is 4.74 Å². The van der Waals surface area contributed by atoms with Crippen molar-refractivity contribution in [3.8, 4) is 0 Å². The van der Waals surface area contributed by atoms with Crippen molar-refractivity contribution in [2.45, 2.75) is 50.6 Å². The second-order valence-electron chi connectivity index (χ2n) is 6.01. The fourth-order valence-corrected chi connectivity index (χ4v) is 2.32. The molecular formula is C17H25NO3. The summed E-state index contributed by atoms with van der Waals surface area (Å²) in [5.74, 6) is -0.790. The topological polar surface area (TPSA) is 58.6 Å². The van der Waals surface area contributed by atoms with Crippen molar-refractivity contribution in [1.82, 2.24) is 5.32 Å². The van der Waals surface area contributed by atoms with Crippen LogP contribution in [0.1, 0.15) is 38.2 Å². The number of rotatable bonds is 10. The molecule has 1 aliphatic rings. The van der Waals surface area contributed by atoms with E-state index in [0.29, 0.717) is 25.7 Å². The molecule has 4 heteroatoms. The molecule has 0 saturated heterocycles. The molecule has 1 atom stereocenters. The van der Waals surface area contributed by atoms with Crippen LogP contribution in [-0.4, -0.2) is 35.9 Å². The summed E-state index contributed by atoms with van der Waals surface area (Å²) in [6, 6.07) is 10.7. The summed E-state index contributed by atoms with van der Waals surface area (Å²) in [5.41, 5.74) is 0.451. The normalized spacial score (nSPS) is 17.4. The highest BCUT2D eigenvalue weighted by molar-refractivity contribution is 5.78. The van der Waals surface area contributed by atoms with Gasteiger partial charge in [-0.15, -0.1) is 0 Å². The molecule has 2 rings (SSSR count). The molecule has 1 aromatic carbocycles. The van der Waals surface area contributed by atoms with E-state index in [1.165, 1.54) is 5.56 Å². The maximum absolute atomic E-state index is 11.4. The van der Waals surface area contributed by atoms with Crippen molar-refractivity contribution >= 4 is 5.97 Å². The van der Waals surface area contributed by atoms with Gasteiger partial charge in [-0.05, 0) is 44.6 Å². The molecular weight excluding hydrogens is 266 g/mol. The smallest absolute Gasteiger partial charge is 0.323 e. The monoisotopic (exact) mass is 291 g/mol. The Morgan fingerprint density at radius 1 is 1.33 bits per heavy atom. The predicted molar refractivity (Wildman–Crippen MR) is 82.4 cm³/mol. The Labute approximate surface area is 126 Å². The molecule has 1 aromatic rings. The molecule has 0 heterocycles. The van der Waals surface area contributed by atoms with Gasteiger partial charge in [-0.3, -0.25) is 10.1 Å². The zero-order valence-corrected chi connectivity index (χ0v) is 12.7. The van der Waals surface area contributed by atoms with E-state index in [-0.39, 0.29) is 0 Å². The van der Waals surface area contributed by atoms with Crippen LogP contribution in [0.4, 0.5) is 0 Å². The zero-order valence-electron chi connectivity index (χ0n) is 12.7. The summed E-state index contributed by atoms with van der Waals surface area (Å²) in [7, 11) is 0.